The Balaban J connectivity index is 1.77. The summed E-state index contributed by atoms with van der Waals surface area (Å²) < 4.78 is 22.6. The zero-order chi connectivity index (χ0) is 22.3. The minimum absolute atomic E-state index is 0.0550. The van der Waals surface area contributed by atoms with Crippen LogP contribution in [0, 0.1) is 5.92 Å². The Bertz CT molecular complexity index is 740. The van der Waals surface area contributed by atoms with E-state index in [4.69, 9.17) is 18.6 Å². The quantitative estimate of drug-likeness (QED) is 0.239. The Kier molecular flexibility index (Phi) is 6.89. The van der Waals surface area contributed by atoms with Gasteiger partial charge in [0.05, 0.1) is 24.7 Å². The molecule has 0 aromatic carbocycles. The van der Waals surface area contributed by atoms with E-state index in [0.717, 1.165) is 4.91 Å². The van der Waals surface area contributed by atoms with Crippen molar-refractivity contribution in [3.05, 3.63) is 23.3 Å². The van der Waals surface area contributed by atoms with Crippen LogP contribution in [0.25, 0.3) is 0 Å². The molecule has 9 heteroatoms. The number of amides is 1. The van der Waals surface area contributed by atoms with E-state index in [1.54, 1.807) is 16.7 Å². The lowest BCUT2D eigenvalue weighted by molar-refractivity contribution is -0.157. The lowest BCUT2D eigenvalue weighted by atomic mass is 9.92. The second kappa shape index (κ2) is 8.78. The third kappa shape index (κ3) is 4.41. The van der Waals surface area contributed by atoms with Crippen LogP contribution in [0.5, 0.6) is 0 Å². The normalized spacial score (nSPS) is 27.7. The number of hydrogen-bond donors (Lipinski definition) is 0. The van der Waals surface area contributed by atoms with Crippen molar-refractivity contribution in [2.24, 2.45) is 5.92 Å². The molecule has 0 aliphatic carbocycles. The molecule has 0 saturated carbocycles. The number of thioether (sulfide) groups is 1. The number of esters is 1. The van der Waals surface area contributed by atoms with Gasteiger partial charge in [-0.05, 0) is 25.1 Å². The fourth-order valence-electron chi connectivity index (χ4n) is 3.59. The third-order valence-electron chi connectivity index (χ3n) is 6.27. The molecular weight excluding hydrogens is 422 g/mol. The maximum atomic E-state index is 13.1. The zero-order valence-electron chi connectivity index (χ0n) is 18.7. The highest BCUT2D eigenvalue weighted by Gasteiger charge is 2.59. The first kappa shape index (κ1) is 23.5. The molecular formula is C21H33NO6SSi. The summed E-state index contributed by atoms with van der Waals surface area (Å²) in [6.07, 6.45) is 1.70. The van der Waals surface area contributed by atoms with Crippen molar-refractivity contribution in [3.8, 4) is 0 Å². The molecule has 3 rings (SSSR count). The smallest absolute Gasteiger partial charge is 0.356 e. The second-order valence-corrected chi connectivity index (χ2v) is 15.4. The highest BCUT2D eigenvalue weighted by Crippen LogP contribution is 2.53. The van der Waals surface area contributed by atoms with Crippen LogP contribution in [0.1, 0.15) is 34.1 Å². The minimum Gasteiger partial charge on any atom is -0.457 e. The van der Waals surface area contributed by atoms with Gasteiger partial charge in [0.1, 0.15) is 24.5 Å². The average Bonchev–Trinajstić information content (AvgIpc) is 3.24. The number of nitrogens with zero attached hydrogens (tertiary/aromatic N) is 1. The van der Waals surface area contributed by atoms with E-state index in [1.165, 1.54) is 6.08 Å². The van der Waals surface area contributed by atoms with Gasteiger partial charge < -0.3 is 18.6 Å². The molecule has 1 amide bonds. The molecule has 0 spiro atoms. The molecule has 0 aromatic rings. The topological polar surface area (TPSA) is 74.3 Å². The summed E-state index contributed by atoms with van der Waals surface area (Å²) in [6.45, 7) is 17.3. The van der Waals surface area contributed by atoms with Gasteiger partial charge in [-0.1, -0.05) is 33.4 Å². The molecule has 2 saturated heterocycles. The molecule has 0 N–H and O–H groups in total. The van der Waals surface area contributed by atoms with E-state index < -0.39 is 14.3 Å². The van der Waals surface area contributed by atoms with Crippen LogP contribution in [0.15, 0.2) is 23.3 Å². The molecule has 30 heavy (non-hydrogen) atoms. The van der Waals surface area contributed by atoms with E-state index in [9.17, 15) is 9.59 Å². The Morgan fingerprint density at radius 2 is 2.13 bits per heavy atom. The van der Waals surface area contributed by atoms with Gasteiger partial charge >= 0.3 is 5.97 Å². The number of carbonyl (C=O) groups excluding carboxylic acids is 2. The van der Waals surface area contributed by atoms with Gasteiger partial charge in [-0.2, -0.15) is 0 Å². The second-order valence-electron chi connectivity index (χ2n) is 9.47. The SMILES string of the molecule is C=CCOC(=O)C1=C(CC2COCO2)S[C@@H]2[C@@H]([C@@H](C)O[Si](C)(C)C(C)(C)C)C(=O)N12. The van der Waals surface area contributed by atoms with Crippen LogP contribution in [0.2, 0.25) is 18.1 Å². The van der Waals surface area contributed by atoms with E-state index in [0.29, 0.717) is 18.7 Å². The van der Waals surface area contributed by atoms with Crippen LogP contribution in [-0.4, -0.2) is 62.7 Å². The first-order chi connectivity index (χ1) is 14.0. The summed E-state index contributed by atoms with van der Waals surface area (Å²) in [7, 11) is -2.02. The van der Waals surface area contributed by atoms with Crippen LogP contribution >= 0.6 is 11.8 Å². The van der Waals surface area contributed by atoms with Crippen molar-refractivity contribution >= 4 is 32.0 Å². The van der Waals surface area contributed by atoms with Crippen molar-refractivity contribution in [2.45, 2.75) is 69.8 Å². The van der Waals surface area contributed by atoms with Gasteiger partial charge in [-0.3, -0.25) is 9.69 Å². The molecule has 3 aliphatic heterocycles. The number of carbonyl (C=O) groups is 2. The highest BCUT2D eigenvalue weighted by atomic mass is 32.2. The average molecular weight is 456 g/mol. The molecule has 1 unspecified atom stereocenters. The first-order valence-corrected chi connectivity index (χ1v) is 14.1. The Morgan fingerprint density at radius 3 is 2.70 bits per heavy atom. The van der Waals surface area contributed by atoms with Gasteiger partial charge in [0, 0.05) is 11.3 Å². The summed E-state index contributed by atoms with van der Waals surface area (Å²) in [5.41, 5.74) is 0.336. The third-order valence-corrected chi connectivity index (χ3v) is 12.2. The van der Waals surface area contributed by atoms with Gasteiger partial charge in [0.2, 0.25) is 5.91 Å². The summed E-state index contributed by atoms with van der Waals surface area (Å²) in [4.78, 5) is 28.3. The number of hydrogen-bond acceptors (Lipinski definition) is 7. The van der Waals surface area contributed by atoms with Crippen molar-refractivity contribution in [2.75, 3.05) is 20.0 Å². The van der Waals surface area contributed by atoms with Crippen molar-refractivity contribution in [1.29, 1.82) is 0 Å². The molecule has 3 heterocycles. The maximum absolute atomic E-state index is 13.1. The molecule has 0 bridgehead atoms. The fraction of sp³-hybridized carbons (Fsp3) is 0.714. The summed E-state index contributed by atoms with van der Waals surface area (Å²) in [5.74, 6) is -0.865. The molecule has 0 aromatic heterocycles. The van der Waals surface area contributed by atoms with Gasteiger partial charge in [0.25, 0.3) is 0 Å². The largest absolute Gasteiger partial charge is 0.457 e. The van der Waals surface area contributed by atoms with Crippen LogP contribution in [0.3, 0.4) is 0 Å². The fourth-order valence-corrected chi connectivity index (χ4v) is 6.69. The number of rotatable bonds is 8. The molecule has 7 nitrogen and oxygen atoms in total. The number of fused-ring (bicyclic) bond motifs is 1. The Morgan fingerprint density at radius 1 is 1.43 bits per heavy atom. The van der Waals surface area contributed by atoms with Gasteiger partial charge in [-0.25, -0.2) is 4.79 Å². The van der Waals surface area contributed by atoms with E-state index in [2.05, 4.69) is 40.4 Å². The van der Waals surface area contributed by atoms with E-state index >= 15 is 0 Å². The van der Waals surface area contributed by atoms with E-state index in [-0.39, 0.29) is 47.8 Å². The molecule has 168 valence electrons. The van der Waals surface area contributed by atoms with Crippen LogP contribution in [-0.2, 0) is 28.2 Å². The van der Waals surface area contributed by atoms with Crippen LogP contribution < -0.4 is 0 Å². The standard InChI is InChI=1S/C21H33NO6SSi/c1-8-9-26-20(24)17-15(10-14-11-25-12-27-14)29-19-16(18(23)22(17)19)13(2)28-30(6,7)21(3,4)5/h8,13-14,16,19H,1,9-12H2,2-7H3/t13-,14?,16+,19-/m1/s1. The monoisotopic (exact) mass is 455 g/mol. The van der Waals surface area contributed by atoms with Crippen LogP contribution in [0.4, 0.5) is 0 Å². The molecule has 2 fully saturated rings. The Labute approximate surface area is 184 Å². The molecule has 0 radical (unpaired) electrons. The summed E-state index contributed by atoms with van der Waals surface area (Å²) in [6, 6.07) is 0. The summed E-state index contributed by atoms with van der Waals surface area (Å²) >= 11 is 1.55. The highest BCUT2D eigenvalue weighted by molar-refractivity contribution is 8.04. The van der Waals surface area contributed by atoms with Crippen molar-refractivity contribution in [3.63, 3.8) is 0 Å². The number of ether oxygens (including phenoxy) is 3. The minimum atomic E-state index is -2.02. The molecule has 3 aliphatic rings. The molecule has 4 atom stereocenters. The van der Waals surface area contributed by atoms with Crippen molar-refractivity contribution in [1.82, 2.24) is 4.90 Å². The van der Waals surface area contributed by atoms with Crippen molar-refractivity contribution < 1.29 is 28.2 Å². The predicted molar refractivity (Wildman–Crippen MR) is 118 cm³/mol. The zero-order valence-corrected chi connectivity index (χ0v) is 20.5. The first-order valence-electron chi connectivity index (χ1n) is 10.4. The lowest BCUT2D eigenvalue weighted by Gasteiger charge is -2.48. The van der Waals surface area contributed by atoms with E-state index in [1.807, 2.05) is 6.92 Å². The maximum Gasteiger partial charge on any atom is 0.356 e. The Hall–Kier alpha value is -1.13. The summed E-state index contributed by atoms with van der Waals surface area (Å²) in [5, 5.41) is -0.0970. The lowest BCUT2D eigenvalue weighted by Crippen LogP contribution is -2.62. The van der Waals surface area contributed by atoms with Gasteiger partial charge in [0.15, 0.2) is 8.32 Å². The predicted octanol–water partition coefficient (Wildman–Crippen LogP) is 3.63. The van der Waals surface area contributed by atoms with Gasteiger partial charge in [-0.15, -0.1) is 11.8 Å². The number of β-lactam (4-membered cyclic amide) rings is 1.